The van der Waals surface area contributed by atoms with Gasteiger partial charge >= 0.3 is 15.2 Å². The lowest BCUT2D eigenvalue weighted by atomic mass is 9.99. The van der Waals surface area contributed by atoms with E-state index in [0.29, 0.717) is 0 Å². The van der Waals surface area contributed by atoms with Gasteiger partial charge in [0.25, 0.3) is 0 Å². The average Bonchev–Trinajstić information content (AvgIpc) is 2.87. The fourth-order valence-electron chi connectivity index (χ4n) is 4.34. The molecular weight excluding hydrogens is 494 g/mol. The highest BCUT2D eigenvalue weighted by atomic mass is 31.2. The largest absolute Gasteiger partial charge is 0.342 e. The highest BCUT2D eigenvalue weighted by molar-refractivity contribution is 7.54. The van der Waals surface area contributed by atoms with Gasteiger partial charge in [-0.3, -0.25) is 9.13 Å². The van der Waals surface area contributed by atoms with E-state index >= 15 is 0 Å². The van der Waals surface area contributed by atoms with Crippen molar-refractivity contribution in [1.29, 1.82) is 0 Å². The summed E-state index contributed by atoms with van der Waals surface area (Å²) in [7, 11) is -7.06. The smallest absolute Gasteiger partial charge is 0.308 e. The highest BCUT2D eigenvalue weighted by Gasteiger charge is 2.40. The van der Waals surface area contributed by atoms with Crippen LogP contribution in [-0.4, -0.2) is 26.4 Å². The fraction of sp³-hybridized carbons (Fsp3) is 0.357. The minimum absolute atomic E-state index is 0.265. The summed E-state index contributed by atoms with van der Waals surface area (Å²) >= 11 is 0. The summed E-state index contributed by atoms with van der Waals surface area (Å²) in [5, 5.41) is 0. The quantitative estimate of drug-likeness (QED) is 0.195. The molecule has 0 saturated carbocycles. The maximum Gasteiger partial charge on any atom is 0.342 e. The van der Waals surface area contributed by atoms with Crippen LogP contribution in [0, 0.1) is 0 Å². The van der Waals surface area contributed by atoms with Gasteiger partial charge in [0.05, 0.1) is 26.4 Å². The normalized spacial score (nSPS) is 13.9. The summed E-state index contributed by atoms with van der Waals surface area (Å²) in [6.07, 6.45) is 0. The van der Waals surface area contributed by atoms with E-state index in [4.69, 9.17) is 18.1 Å². The molecule has 3 aromatic rings. The van der Waals surface area contributed by atoms with Crippen molar-refractivity contribution in [1.82, 2.24) is 0 Å². The van der Waals surface area contributed by atoms with Gasteiger partial charge in [0, 0.05) is 0 Å². The second-order valence-electron chi connectivity index (χ2n) is 8.04. The van der Waals surface area contributed by atoms with Crippen LogP contribution in [0.4, 0.5) is 0 Å². The van der Waals surface area contributed by atoms with Gasteiger partial charge in [-0.15, -0.1) is 0 Å². The van der Waals surface area contributed by atoms with E-state index in [1.165, 1.54) is 0 Å². The zero-order valence-corrected chi connectivity index (χ0v) is 23.2. The molecule has 0 aliphatic rings. The number of benzene rings is 3. The lowest BCUT2D eigenvalue weighted by molar-refractivity contribution is 0.214. The molecule has 0 amide bonds. The zero-order valence-electron chi connectivity index (χ0n) is 21.4. The van der Waals surface area contributed by atoms with Crippen molar-refractivity contribution in [3.63, 3.8) is 0 Å². The summed E-state index contributed by atoms with van der Waals surface area (Å²) in [4.78, 5) is 0. The minimum Gasteiger partial charge on any atom is -0.308 e. The van der Waals surface area contributed by atoms with E-state index in [-0.39, 0.29) is 26.4 Å². The molecule has 0 fully saturated rings. The van der Waals surface area contributed by atoms with Crippen molar-refractivity contribution in [3.05, 3.63) is 107 Å². The lowest BCUT2D eigenvalue weighted by Gasteiger charge is -2.29. The fourth-order valence-corrected chi connectivity index (χ4v) is 8.67. The van der Waals surface area contributed by atoms with Gasteiger partial charge in [-0.25, -0.2) is 0 Å². The van der Waals surface area contributed by atoms with Gasteiger partial charge in [-0.2, -0.15) is 0 Å². The molecule has 3 aromatic carbocycles. The lowest BCUT2D eigenvalue weighted by Crippen LogP contribution is -2.10. The molecule has 0 N–H and O–H groups in total. The molecule has 2 atom stereocenters. The summed E-state index contributed by atoms with van der Waals surface area (Å²) in [5.41, 5.74) is 2.03. The van der Waals surface area contributed by atoms with E-state index in [0.717, 1.165) is 22.3 Å². The first-order chi connectivity index (χ1) is 17.4. The summed E-state index contributed by atoms with van der Waals surface area (Å²) < 4.78 is 50.9. The first-order valence-electron chi connectivity index (χ1n) is 12.4. The van der Waals surface area contributed by atoms with E-state index in [2.05, 4.69) is 0 Å². The van der Waals surface area contributed by atoms with Crippen LogP contribution in [0.15, 0.2) is 84.9 Å². The van der Waals surface area contributed by atoms with Crippen molar-refractivity contribution >= 4 is 15.2 Å². The van der Waals surface area contributed by atoms with E-state index < -0.39 is 26.5 Å². The second-order valence-corrected chi connectivity index (χ2v) is 12.3. The molecule has 0 aliphatic carbocycles. The Labute approximate surface area is 215 Å². The van der Waals surface area contributed by atoms with E-state index in [1.807, 2.05) is 84.9 Å². The molecule has 3 rings (SSSR count). The highest BCUT2D eigenvalue weighted by Crippen LogP contribution is 2.65. The van der Waals surface area contributed by atoms with Crippen molar-refractivity contribution in [2.75, 3.05) is 26.4 Å². The third kappa shape index (κ3) is 6.63. The van der Waals surface area contributed by atoms with Gasteiger partial charge in [0.15, 0.2) is 0 Å². The molecule has 8 heteroatoms. The van der Waals surface area contributed by atoms with Crippen LogP contribution in [0.5, 0.6) is 0 Å². The van der Waals surface area contributed by atoms with Crippen molar-refractivity contribution < 1.29 is 27.2 Å². The summed E-state index contributed by atoms with van der Waals surface area (Å²) in [6.45, 7) is 8.28. The van der Waals surface area contributed by atoms with Gasteiger partial charge in [-0.1, -0.05) is 84.9 Å². The Hall–Kier alpha value is -2.04. The SMILES string of the molecule is CCOP(=O)(OCC)C(c1ccccc1)c1ccc(C(c2ccccc2)P(=O)(OCC)OCC)cc1. The maximum atomic E-state index is 14.0. The Morgan fingerprint density at radius 2 is 0.722 bits per heavy atom. The first kappa shape index (κ1) is 28.5. The zero-order chi connectivity index (χ0) is 26.0. The molecule has 0 saturated heterocycles. The van der Waals surface area contributed by atoms with Gasteiger partial charge < -0.3 is 18.1 Å². The second kappa shape index (κ2) is 13.5. The van der Waals surface area contributed by atoms with Crippen LogP contribution < -0.4 is 0 Å². The number of rotatable bonds is 14. The summed E-state index contributed by atoms with van der Waals surface area (Å²) in [5.74, 6) is 0. The molecule has 36 heavy (non-hydrogen) atoms. The topological polar surface area (TPSA) is 71.1 Å². The predicted octanol–water partition coefficient (Wildman–Crippen LogP) is 8.40. The van der Waals surface area contributed by atoms with Crippen LogP contribution in [-0.2, 0) is 27.2 Å². The molecule has 0 aliphatic heterocycles. The Morgan fingerprint density at radius 3 is 0.972 bits per heavy atom. The number of hydrogen-bond acceptors (Lipinski definition) is 6. The standard InChI is InChI=1S/C28H36O6P2/c1-5-31-35(29,32-6-2)27(23-15-11-9-12-16-23)25-19-21-26(22-20-25)28(24-17-13-10-14-18-24)36(30,33-7-3)34-8-4/h9-22,27-28H,5-8H2,1-4H3. The van der Waals surface area contributed by atoms with Crippen molar-refractivity contribution in [2.45, 2.75) is 39.0 Å². The Balaban J connectivity index is 2.12. The molecule has 0 radical (unpaired) electrons. The van der Waals surface area contributed by atoms with Gasteiger partial charge in [0.1, 0.15) is 11.3 Å². The molecule has 6 nitrogen and oxygen atoms in total. The van der Waals surface area contributed by atoms with Crippen LogP contribution in [0.25, 0.3) is 0 Å². The van der Waals surface area contributed by atoms with E-state index in [1.54, 1.807) is 27.7 Å². The molecule has 0 aromatic heterocycles. The molecule has 0 spiro atoms. The predicted molar refractivity (Wildman–Crippen MR) is 145 cm³/mol. The molecule has 0 bridgehead atoms. The molecule has 0 heterocycles. The minimum atomic E-state index is -3.53. The van der Waals surface area contributed by atoms with Gasteiger partial charge in [-0.05, 0) is 49.9 Å². The monoisotopic (exact) mass is 530 g/mol. The van der Waals surface area contributed by atoms with Crippen LogP contribution in [0.1, 0.15) is 61.3 Å². The van der Waals surface area contributed by atoms with Crippen LogP contribution in [0.2, 0.25) is 0 Å². The summed E-state index contributed by atoms with van der Waals surface area (Å²) in [6, 6.07) is 26.8. The Bertz CT molecular complexity index is 1040. The van der Waals surface area contributed by atoms with E-state index in [9.17, 15) is 9.13 Å². The molecule has 194 valence electrons. The molecule has 2 unspecified atom stereocenters. The Morgan fingerprint density at radius 1 is 0.472 bits per heavy atom. The third-order valence-corrected chi connectivity index (χ3v) is 10.6. The first-order valence-corrected chi connectivity index (χ1v) is 15.6. The van der Waals surface area contributed by atoms with Crippen LogP contribution >= 0.6 is 15.2 Å². The van der Waals surface area contributed by atoms with Gasteiger partial charge in [0.2, 0.25) is 0 Å². The molecular formula is C28H36O6P2. The van der Waals surface area contributed by atoms with Crippen LogP contribution in [0.3, 0.4) is 0 Å². The average molecular weight is 531 g/mol. The third-order valence-electron chi connectivity index (χ3n) is 5.67. The Kier molecular flexibility index (Phi) is 10.7. The van der Waals surface area contributed by atoms with Crippen molar-refractivity contribution in [3.8, 4) is 0 Å². The van der Waals surface area contributed by atoms with Crippen molar-refractivity contribution in [2.24, 2.45) is 0 Å². The number of hydrogen-bond donors (Lipinski definition) is 0. The maximum absolute atomic E-state index is 14.0.